The average molecular weight is 261 g/mol. The molecule has 0 radical (unpaired) electrons. The maximum Gasteiger partial charge on any atom is 0.231 e. The quantitative estimate of drug-likeness (QED) is 0.762. The van der Waals surface area contributed by atoms with Gasteiger partial charge in [-0.15, -0.1) is 0 Å². The summed E-state index contributed by atoms with van der Waals surface area (Å²) in [7, 11) is 0. The zero-order valence-corrected chi connectivity index (χ0v) is 11.4. The zero-order valence-electron chi connectivity index (χ0n) is 10.6. The Hall–Kier alpha value is -1.93. The summed E-state index contributed by atoms with van der Waals surface area (Å²) in [6, 6.07) is 8.91. The summed E-state index contributed by atoms with van der Waals surface area (Å²) < 4.78 is 0. The van der Waals surface area contributed by atoms with Crippen LogP contribution in [0.4, 0.5) is 5.69 Å². The van der Waals surface area contributed by atoms with Crippen molar-refractivity contribution in [2.75, 3.05) is 5.32 Å². The Morgan fingerprint density at radius 1 is 1.39 bits per heavy atom. The molecule has 4 nitrogen and oxygen atoms in total. The number of carbonyl (C=O) groups is 1. The van der Waals surface area contributed by atoms with Crippen molar-refractivity contribution >= 4 is 28.9 Å². The van der Waals surface area contributed by atoms with Gasteiger partial charge in [0.05, 0.1) is 11.6 Å². The molecule has 2 N–H and O–H groups in total. The molecule has 0 aliphatic carbocycles. The number of nitriles is 1. The lowest BCUT2D eigenvalue weighted by atomic mass is 9.96. The van der Waals surface area contributed by atoms with E-state index in [-0.39, 0.29) is 11.0 Å². The SMILES string of the molecule is CC(C)(C)C(=O)NC(=S)Nc1cccc(C#N)c1. The molecule has 0 fully saturated rings. The molecule has 1 aromatic rings. The number of nitrogens with one attached hydrogen (secondary N) is 2. The van der Waals surface area contributed by atoms with Gasteiger partial charge in [-0.05, 0) is 30.4 Å². The van der Waals surface area contributed by atoms with E-state index in [4.69, 9.17) is 17.5 Å². The lowest BCUT2D eigenvalue weighted by molar-refractivity contribution is -0.126. The third-order valence-electron chi connectivity index (χ3n) is 2.16. The number of rotatable bonds is 1. The molecule has 5 heteroatoms. The molecule has 0 aromatic heterocycles. The Labute approximate surface area is 112 Å². The van der Waals surface area contributed by atoms with E-state index in [9.17, 15) is 4.79 Å². The minimum Gasteiger partial charge on any atom is -0.332 e. The number of anilines is 1. The highest BCUT2D eigenvalue weighted by Gasteiger charge is 2.21. The Kier molecular flexibility index (Phi) is 4.40. The van der Waals surface area contributed by atoms with Crippen LogP contribution in [0.3, 0.4) is 0 Å². The van der Waals surface area contributed by atoms with Gasteiger partial charge in [0.25, 0.3) is 0 Å². The summed E-state index contributed by atoms with van der Waals surface area (Å²) >= 11 is 5.03. The van der Waals surface area contributed by atoms with Gasteiger partial charge in [0.1, 0.15) is 0 Å². The second kappa shape index (κ2) is 5.61. The number of benzene rings is 1. The molecule has 0 aliphatic heterocycles. The second-order valence-electron chi connectivity index (χ2n) is 4.85. The number of thiocarbonyl (C=S) groups is 1. The van der Waals surface area contributed by atoms with Crippen LogP contribution < -0.4 is 10.6 Å². The Bertz CT molecular complexity index is 512. The molecule has 0 heterocycles. The van der Waals surface area contributed by atoms with Gasteiger partial charge in [-0.2, -0.15) is 5.26 Å². The van der Waals surface area contributed by atoms with Crippen molar-refractivity contribution in [3.63, 3.8) is 0 Å². The number of hydrogen-bond donors (Lipinski definition) is 2. The minimum atomic E-state index is -0.500. The summed E-state index contributed by atoms with van der Waals surface area (Å²) in [4.78, 5) is 11.7. The largest absolute Gasteiger partial charge is 0.332 e. The maximum absolute atomic E-state index is 11.7. The van der Waals surface area contributed by atoms with Crippen molar-refractivity contribution in [2.24, 2.45) is 5.41 Å². The molecule has 18 heavy (non-hydrogen) atoms. The van der Waals surface area contributed by atoms with Crippen LogP contribution in [0.15, 0.2) is 24.3 Å². The third-order valence-corrected chi connectivity index (χ3v) is 2.36. The van der Waals surface area contributed by atoms with Crippen LogP contribution in [-0.2, 0) is 4.79 Å². The van der Waals surface area contributed by atoms with Crippen LogP contribution in [-0.4, -0.2) is 11.0 Å². The monoisotopic (exact) mass is 261 g/mol. The first-order valence-corrected chi connectivity index (χ1v) is 5.86. The Morgan fingerprint density at radius 2 is 2.06 bits per heavy atom. The van der Waals surface area contributed by atoms with Crippen LogP contribution in [0.25, 0.3) is 0 Å². The van der Waals surface area contributed by atoms with E-state index in [1.165, 1.54) is 0 Å². The molecule has 0 unspecified atom stereocenters. The van der Waals surface area contributed by atoms with E-state index in [0.29, 0.717) is 11.3 Å². The molecular formula is C13H15N3OS. The maximum atomic E-state index is 11.7. The Balaban J connectivity index is 2.66. The first-order valence-electron chi connectivity index (χ1n) is 5.45. The Morgan fingerprint density at radius 3 is 2.61 bits per heavy atom. The first kappa shape index (κ1) is 14.1. The van der Waals surface area contributed by atoms with E-state index in [1.807, 2.05) is 6.07 Å². The number of carbonyl (C=O) groups excluding carboxylic acids is 1. The smallest absolute Gasteiger partial charge is 0.231 e. The fourth-order valence-corrected chi connectivity index (χ4v) is 1.33. The molecule has 0 bridgehead atoms. The second-order valence-corrected chi connectivity index (χ2v) is 5.26. The standard InChI is InChI=1S/C13H15N3OS/c1-13(2,3)11(17)16-12(18)15-10-6-4-5-9(7-10)8-14/h4-7H,1-3H3,(H2,15,16,17,18). The summed E-state index contributed by atoms with van der Waals surface area (Å²) in [5, 5.41) is 14.5. The molecule has 0 atom stereocenters. The van der Waals surface area contributed by atoms with Crippen molar-refractivity contribution in [2.45, 2.75) is 20.8 Å². The van der Waals surface area contributed by atoms with E-state index >= 15 is 0 Å². The predicted molar refractivity (Wildman–Crippen MR) is 75.0 cm³/mol. The highest BCUT2D eigenvalue weighted by molar-refractivity contribution is 7.80. The lowest BCUT2D eigenvalue weighted by Gasteiger charge is -2.18. The van der Waals surface area contributed by atoms with Crippen molar-refractivity contribution in [3.8, 4) is 6.07 Å². The van der Waals surface area contributed by atoms with Crippen LogP contribution in [0.2, 0.25) is 0 Å². The van der Waals surface area contributed by atoms with E-state index in [2.05, 4.69) is 10.6 Å². The van der Waals surface area contributed by atoms with Gasteiger partial charge >= 0.3 is 0 Å². The molecule has 0 spiro atoms. The van der Waals surface area contributed by atoms with Gasteiger partial charge in [-0.25, -0.2) is 0 Å². The summed E-state index contributed by atoms with van der Waals surface area (Å²) in [6.45, 7) is 5.42. The summed E-state index contributed by atoms with van der Waals surface area (Å²) in [5.74, 6) is -0.156. The van der Waals surface area contributed by atoms with Crippen molar-refractivity contribution in [1.82, 2.24) is 5.32 Å². The average Bonchev–Trinajstić information content (AvgIpc) is 2.27. The lowest BCUT2D eigenvalue weighted by Crippen LogP contribution is -2.41. The van der Waals surface area contributed by atoms with Gasteiger partial charge in [0, 0.05) is 11.1 Å². The van der Waals surface area contributed by atoms with Crippen LogP contribution >= 0.6 is 12.2 Å². The molecule has 0 saturated carbocycles. The highest BCUT2D eigenvalue weighted by atomic mass is 32.1. The van der Waals surface area contributed by atoms with Crippen LogP contribution in [0.1, 0.15) is 26.3 Å². The zero-order chi connectivity index (χ0) is 13.8. The van der Waals surface area contributed by atoms with Gasteiger partial charge in [0.2, 0.25) is 5.91 Å². The third kappa shape index (κ3) is 4.15. The number of hydrogen-bond acceptors (Lipinski definition) is 3. The van der Waals surface area contributed by atoms with E-state index < -0.39 is 5.41 Å². The predicted octanol–water partition coefficient (Wildman–Crippen LogP) is 2.42. The van der Waals surface area contributed by atoms with E-state index in [1.54, 1.807) is 45.0 Å². The van der Waals surface area contributed by atoms with Gasteiger partial charge < -0.3 is 10.6 Å². The van der Waals surface area contributed by atoms with Gasteiger partial charge in [0.15, 0.2) is 5.11 Å². The first-order chi connectivity index (χ1) is 8.32. The van der Waals surface area contributed by atoms with Crippen molar-refractivity contribution in [1.29, 1.82) is 5.26 Å². The van der Waals surface area contributed by atoms with Crippen LogP contribution in [0.5, 0.6) is 0 Å². The highest BCUT2D eigenvalue weighted by Crippen LogP contribution is 2.13. The summed E-state index contributed by atoms with van der Waals surface area (Å²) in [6.07, 6.45) is 0. The minimum absolute atomic E-state index is 0.156. The molecule has 0 saturated heterocycles. The van der Waals surface area contributed by atoms with Crippen molar-refractivity contribution < 1.29 is 4.79 Å². The fraction of sp³-hybridized carbons (Fsp3) is 0.308. The normalized spacial score (nSPS) is 10.3. The van der Waals surface area contributed by atoms with Gasteiger partial charge in [-0.1, -0.05) is 26.8 Å². The van der Waals surface area contributed by atoms with Crippen molar-refractivity contribution in [3.05, 3.63) is 29.8 Å². The molecule has 1 aromatic carbocycles. The fourth-order valence-electron chi connectivity index (χ4n) is 1.12. The van der Waals surface area contributed by atoms with Crippen LogP contribution in [0, 0.1) is 16.7 Å². The summed E-state index contributed by atoms with van der Waals surface area (Å²) in [5.41, 5.74) is 0.707. The number of nitrogens with zero attached hydrogens (tertiary/aromatic N) is 1. The van der Waals surface area contributed by atoms with E-state index in [0.717, 1.165) is 0 Å². The number of amides is 1. The topological polar surface area (TPSA) is 64.9 Å². The molecule has 1 amide bonds. The molecule has 1 rings (SSSR count). The molecule has 0 aliphatic rings. The molecule has 94 valence electrons. The van der Waals surface area contributed by atoms with Gasteiger partial charge in [-0.3, -0.25) is 4.79 Å². The molecular weight excluding hydrogens is 246 g/mol.